The highest BCUT2D eigenvalue weighted by atomic mass is 32.1. The number of hydrogen-bond donors (Lipinski definition) is 2. The summed E-state index contributed by atoms with van der Waals surface area (Å²) >= 11 is 3.79. The van der Waals surface area contributed by atoms with Crippen LogP contribution in [0.1, 0.15) is 29.0 Å². The minimum absolute atomic E-state index is 0.120. The minimum atomic E-state index is -0.172. The number of benzene rings is 8. The smallest absolute Gasteiger partial charge is 0.131 e. The summed E-state index contributed by atoms with van der Waals surface area (Å²) in [5, 5.41) is 15.2. The van der Waals surface area contributed by atoms with E-state index in [0.717, 1.165) is 17.0 Å². The van der Waals surface area contributed by atoms with Gasteiger partial charge in [0.1, 0.15) is 18.2 Å². The molecule has 0 saturated heterocycles. The van der Waals surface area contributed by atoms with Gasteiger partial charge >= 0.3 is 0 Å². The second-order valence-corrected chi connectivity index (χ2v) is 16.9. The molecule has 0 bridgehead atoms. The molecule has 2 atom stereocenters. The van der Waals surface area contributed by atoms with Crippen molar-refractivity contribution in [2.75, 3.05) is 0 Å². The van der Waals surface area contributed by atoms with E-state index >= 15 is 0 Å². The molecule has 0 spiro atoms. The summed E-state index contributed by atoms with van der Waals surface area (Å²) in [5.41, 5.74) is 9.62. The predicted octanol–water partition coefficient (Wildman–Crippen LogP) is 13.5. The van der Waals surface area contributed by atoms with Crippen LogP contribution in [0.25, 0.3) is 79.0 Å². The van der Waals surface area contributed by atoms with Crippen LogP contribution in [-0.2, 0) is 0 Å². The molecule has 0 saturated carbocycles. The van der Waals surface area contributed by atoms with Crippen LogP contribution in [0.3, 0.4) is 0 Å². The highest BCUT2D eigenvalue weighted by Crippen LogP contribution is 2.46. The van der Waals surface area contributed by atoms with Crippen molar-refractivity contribution in [2.45, 2.75) is 12.3 Å². The van der Waals surface area contributed by atoms with Crippen molar-refractivity contribution in [1.82, 2.24) is 15.2 Å². The number of rotatable bonds is 5. The lowest BCUT2D eigenvalue weighted by Crippen LogP contribution is -2.44. The quantitative estimate of drug-likeness (QED) is 0.183. The van der Waals surface area contributed by atoms with Crippen molar-refractivity contribution in [1.29, 1.82) is 0 Å². The minimum Gasteiger partial charge on any atom is -0.350 e. The normalized spacial score (nSPS) is 15.9. The van der Waals surface area contributed by atoms with Crippen LogP contribution in [0.4, 0.5) is 0 Å². The second-order valence-electron chi connectivity index (χ2n) is 14.8. The monoisotopic (exact) mass is 766 g/mol. The summed E-state index contributed by atoms with van der Waals surface area (Å²) in [4.78, 5) is 5.12. The Bertz CT molecular complexity index is 3320. The van der Waals surface area contributed by atoms with E-state index in [0.29, 0.717) is 0 Å². The Morgan fingerprint density at radius 1 is 0.456 bits per heavy atom. The number of aromatic nitrogens is 1. The third-order valence-corrected chi connectivity index (χ3v) is 13.9. The first-order valence-corrected chi connectivity index (χ1v) is 21.0. The molecule has 6 heteroatoms. The second kappa shape index (κ2) is 13.0. The number of nitrogens with zero attached hydrogens (tertiary/aromatic N) is 2. The number of fused-ring (bicyclic) bond motifs is 9. The Labute approximate surface area is 337 Å². The van der Waals surface area contributed by atoms with Crippen LogP contribution in [0.15, 0.2) is 187 Å². The highest BCUT2D eigenvalue weighted by molar-refractivity contribution is 7.27. The maximum absolute atomic E-state index is 5.12. The van der Waals surface area contributed by atoms with Gasteiger partial charge in [0.2, 0.25) is 0 Å². The summed E-state index contributed by atoms with van der Waals surface area (Å²) < 4.78 is 7.65. The van der Waals surface area contributed by atoms with Gasteiger partial charge in [-0.05, 0) is 53.6 Å². The molecule has 8 aromatic carbocycles. The van der Waals surface area contributed by atoms with E-state index in [1.165, 1.54) is 84.5 Å². The van der Waals surface area contributed by atoms with E-state index in [1.807, 2.05) is 28.7 Å². The number of amidine groups is 1. The summed E-state index contributed by atoms with van der Waals surface area (Å²) in [7, 11) is 0. The van der Waals surface area contributed by atoms with Gasteiger partial charge in [-0.25, -0.2) is 4.99 Å². The van der Waals surface area contributed by atoms with Gasteiger partial charge in [0.25, 0.3) is 0 Å². The Morgan fingerprint density at radius 3 is 1.68 bits per heavy atom. The molecule has 3 aromatic heterocycles. The fourth-order valence-electron chi connectivity index (χ4n) is 8.83. The first kappa shape index (κ1) is 32.7. The molecule has 11 aromatic rings. The number of hydrogen-bond acceptors (Lipinski definition) is 5. The topological polar surface area (TPSA) is 41.4 Å². The van der Waals surface area contributed by atoms with Gasteiger partial charge < -0.3 is 9.88 Å². The molecule has 12 rings (SSSR count). The maximum Gasteiger partial charge on any atom is 0.131 e. The van der Waals surface area contributed by atoms with Gasteiger partial charge in [0.05, 0.1) is 11.0 Å². The van der Waals surface area contributed by atoms with Gasteiger partial charge in [0, 0.05) is 73.5 Å². The molecule has 4 heterocycles. The lowest BCUT2D eigenvalue weighted by atomic mass is 9.99. The molecule has 2 N–H and O–H groups in total. The summed E-state index contributed by atoms with van der Waals surface area (Å²) in [6.45, 7) is 0. The van der Waals surface area contributed by atoms with E-state index in [1.54, 1.807) is 0 Å². The van der Waals surface area contributed by atoms with Crippen molar-refractivity contribution in [3.05, 3.63) is 199 Å². The van der Waals surface area contributed by atoms with Crippen LogP contribution in [0, 0.1) is 0 Å². The molecule has 0 aliphatic carbocycles. The molecule has 1 aliphatic rings. The van der Waals surface area contributed by atoms with Crippen LogP contribution in [-0.4, -0.2) is 10.4 Å². The SMILES string of the molecule is c1ccc(C2=NC(c3ccccc3)NC(c3ccc4sc5c(-c6cccc7c6sc6ccc(-n8c9ccccc9c9ccccc98)cc67)cccc5c4c3)N2)cc1. The zero-order valence-corrected chi connectivity index (χ0v) is 32.3. The van der Waals surface area contributed by atoms with Crippen molar-refractivity contribution >= 4 is 90.7 Å². The van der Waals surface area contributed by atoms with Crippen molar-refractivity contribution < 1.29 is 0 Å². The molecule has 4 nitrogen and oxygen atoms in total. The zero-order chi connectivity index (χ0) is 37.5. The van der Waals surface area contributed by atoms with E-state index in [4.69, 9.17) is 4.99 Å². The van der Waals surface area contributed by atoms with Gasteiger partial charge in [-0.3, -0.25) is 5.32 Å². The Morgan fingerprint density at radius 2 is 1.02 bits per heavy atom. The van der Waals surface area contributed by atoms with E-state index in [9.17, 15) is 0 Å². The number of aliphatic imine (C=N–C) groups is 1. The Hall–Kier alpha value is -6.57. The number of thiophene rings is 2. The number of para-hydroxylation sites is 2. The molecule has 57 heavy (non-hydrogen) atoms. The maximum atomic E-state index is 5.12. The summed E-state index contributed by atoms with van der Waals surface area (Å²) in [6.07, 6.45) is -0.292. The average Bonchev–Trinajstić information content (AvgIpc) is 3.96. The lowest BCUT2D eigenvalue weighted by molar-refractivity contribution is 0.409. The Balaban J connectivity index is 0.961. The average molecular weight is 767 g/mol. The van der Waals surface area contributed by atoms with Crippen LogP contribution >= 0.6 is 22.7 Å². The molecule has 270 valence electrons. The van der Waals surface area contributed by atoms with Crippen molar-refractivity contribution in [2.24, 2.45) is 4.99 Å². The van der Waals surface area contributed by atoms with Crippen LogP contribution in [0.5, 0.6) is 0 Å². The predicted molar refractivity (Wildman–Crippen MR) is 243 cm³/mol. The largest absolute Gasteiger partial charge is 0.350 e. The number of nitrogens with one attached hydrogen (secondary N) is 2. The van der Waals surface area contributed by atoms with Crippen molar-refractivity contribution in [3.8, 4) is 16.8 Å². The van der Waals surface area contributed by atoms with Gasteiger partial charge in [0.15, 0.2) is 0 Å². The molecule has 0 radical (unpaired) electrons. The molecule has 1 aliphatic heterocycles. The first-order chi connectivity index (χ1) is 28.2. The van der Waals surface area contributed by atoms with Gasteiger partial charge in [-0.15, -0.1) is 22.7 Å². The third kappa shape index (κ3) is 5.26. The standard InChI is InChI=1S/C51H34N4S2/c1-3-13-31(14-4-1)49-52-50(32-15-5-2-6-16-32)54-51(53-49)33-25-27-45-41(29-33)39-21-11-19-37(47(39)56-45)38-20-12-22-40-42-30-34(26-28-46(42)57-48(38)40)55-43-23-9-7-17-35(43)36-18-8-10-24-44(36)55/h1-30,49,51,53H,(H,52,54). The fourth-order valence-corrected chi connectivity index (χ4v) is 11.2. The van der Waals surface area contributed by atoms with E-state index in [-0.39, 0.29) is 12.3 Å². The summed E-state index contributed by atoms with van der Waals surface area (Å²) in [5.74, 6) is 0.893. The van der Waals surface area contributed by atoms with E-state index in [2.05, 4.69) is 191 Å². The molecular formula is C51H34N4S2. The van der Waals surface area contributed by atoms with Crippen LogP contribution < -0.4 is 10.6 Å². The molecule has 2 unspecified atom stereocenters. The highest BCUT2D eigenvalue weighted by Gasteiger charge is 2.26. The third-order valence-electron chi connectivity index (χ3n) is 11.5. The van der Waals surface area contributed by atoms with Gasteiger partial charge in [-0.2, -0.15) is 0 Å². The fraction of sp³-hybridized carbons (Fsp3) is 0.0392. The zero-order valence-electron chi connectivity index (χ0n) is 30.7. The van der Waals surface area contributed by atoms with Crippen LogP contribution in [0.2, 0.25) is 0 Å². The van der Waals surface area contributed by atoms with E-state index < -0.39 is 0 Å². The summed E-state index contributed by atoms with van der Waals surface area (Å²) in [6, 6.07) is 66.0. The first-order valence-electron chi connectivity index (χ1n) is 19.4. The molecular weight excluding hydrogens is 733 g/mol. The van der Waals surface area contributed by atoms with Crippen molar-refractivity contribution in [3.63, 3.8) is 0 Å². The Kier molecular flexibility index (Phi) is 7.45. The molecule has 0 fully saturated rings. The lowest BCUT2D eigenvalue weighted by Gasteiger charge is -2.32. The molecule has 0 amide bonds. The van der Waals surface area contributed by atoms with Gasteiger partial charge in [-0.1, -0.05) is 140 Å².